The first-order chi connectivity index (χ1) is 13.5. The van der Waals surface area contributed by atoms with E-state index >= 15 is 0 Å². The summed E-state index contributed by atoms with van der Waals surface area (Å²) in [5.41, 5.74) is 4.37. The topological polar surface area (TPSA) is 58.2 Å². The maximum absolute atomic E-state index is 12.6. The summed E-state index contributed by atoms with van der Waals surface area (Å²) in [6.07, 6.45) is 2.49. The van der Waals surface area contributed by atoms with Gasteiger partial charge in [-0.2, -0.15) is 0 Å². The van der Waals surface area contributed by atoms with Crippen molar-refractivity contribution in [2.24, 2.45) is 11.8 Å². The molecule has 2 N–H and O–H groups in total. The average Bonchev–Trinajstić information content (AvgIpc) is 3.48. The van der Waals surface area contributed by atoms with E-state index in [0.717, 1.165) is 29.7 Å². The molecule has 0 heterocycles. The number of hydrogen-bond donors (Lipinski definition) is 2. The molecule has 0 radical (unpaired) electrons. The second-order valence-corrected chi connectivity index (χ2v) is 8.01. The van der Waals surface area contributed by atoms with Gasteiger partial charge in [0.05, 0.1) is 11.8 Å². The maximum atomic E-state index is 12.6. The molecule has 2 aromatic rings. The number of carbonyl (C=O) groups excluding carboxylic acids is 2. The van der Waals surface area contributed by atoms with Gasteiger partial charge in [-0.05, 0) is 48.8 Å². The third-order valence-electron chi connectivity index (χ3n) is 5.42. The van der Waals surface area contributed by atoms with Gasteiger partial charge < -0.3 is 10.6 Å². The van der Waals surface area contributed by atoms with Crippen molar-refractivity contribution in [2.75, 3.05) is 11.9 Å². The fourth-order valence-corrected chi connectivity index (χ4v) is 3.61. The van der Waals surface area contributed by atoms with Crippen LogP contribution >= 0.6 is 0 Å². The highest BCUT2D eigenvalue weighted by molar-refractivity contribution is 6.00. The van der Waals surface area contributed by atoms with E-state index in [-0.39, 0.29) is 23.7 Å². The third-order valence-corrected chi connectivity index (χ3v) is 5.42. The summed E-state index contributed by atoms with van der Waals surface area (Å²) in [5.74, 6) is -0.113. The third kappa shape index (κ3) is 5.00. The molecule has 4 nitrogen and oxygen atoms in total. The Balaban J connectivity index is 1.46. The molecule has 2 amide bonds. The molecular weight excluding hydrogens is 348 g/mol. The summed E-state index contributed by atoms with van der Waals surface area (Å²) in [5, 5.41) is 6.06. The van der Waals surface area contributed by atoms with Crippen LogP contribution in [-0.4, -0.2) is 18.4 Å². The Kier molecular flexibility index (Phi) is 6.50. The lowest BCUT2D eigenvalue weighted by atomic mass is 9.98. The van der Waals surface area contributed by atoms with Gasteiger partial charge in [0.15, 0.2) is 0 Å². The number of hydrogen-bond acceptors (Lipinski definition) is 2. The van der Waals surface area contributed by atoms with Crippen molar-refractivity contribution in [1.29, 1.82) is 0 Å². The molecule has 3 rings (SSSR count). The number of amides is 2. The number of benzene rings is 2. The van der Waals surface area contributed by atoms with Crippen molar-refractivity contribution in [3.05, 3.63) is 65.2 Å². The fraction of sp³-hybridized carbons (Fsp3) is 0.417. The summed E-state index contributed by atoms with van der Waals surface area (Å²) in [4.78, 5) is 25.0. The second-order valence-electron chi connectivity index (χ2n) is 8.01. The fourth-order valence-electron chi connectivity index (χ4n) is 3.61. The minimum atomic E-state index is -0.214. The van der Waals surface area contributed by atoms with Crippen molar-refractivity contribution in [1.82, 2.24) is 5.32 Å². The molecule has 0 bridgehead atoms. The Morgan fingerprint density at radius 1 is 1.00 bits per heavy atom. The molecule has 2 aromatic carbocycles. The Morgan fingerprint density at radius 3 is 2.43 bits per heavy atom. The molecule has 148 valence electrons. The molecule has 1 fully saturated rings. The van der Waals surface area contributed by atoms with Crippen molar-refractivity contribution in [3.63, 3.8) is 0 Å². The van der Waals surface area contributed by atoms with Crippen LogP contribution in [0.1, 0.15) is 49.3 Å². The van der Waals surface area contributed by atoms with Crippen LogP contribution in [0.15, 0.2) is 48.5 Å². The van der Waals surface area contributed by atoms with Gasteiger partial charge in [-0.25, -0.2) is 0 Å². The lowest BCUT2D eigenvalue weighted by Gasteiger charge is -2.16. The van der Waals surface area contributed by atoms with E-state index in [1.165, 1.54) is 5.56 Å². The summed E-state index contributed by atoms with van der Waals surface area (Å²) in [6, 6.07) is 16.3. The lowest BCUT2D eigenvalue weighted by molar-refractivity contribution is -0.125. The van der Waals surface area contributed by atoms with Gasteiger partial charge in [0.2, 0.25) is 11.8 Å². The zero-order chi connectivity index (χ0) is 20.1. The lowest BCUT2D eigenvalue weighted by Crippen LogP contribution is -2.28. The van der Waals surface area contributed by atoms with Crippen LogP contribution in [0.5, 0.6) is 0 Å². The van der Waals surface area contributed by atoms with Gasteiger partial charge >= 0.3 is 0 Å². The molecule has 0 spiro atoms. The SMILES string of the molecule is Cc1cccc(C(C)C)c1NC(=O)C1CC1C(=O)NCCCc1ccccc1. The molecule has 4 heteroatoms. The Hall–Kier alpha value is -2.62. The number of carbonyl (C=O) groups is 2. The number of rotatable bonds is 8. The molecule has 0 aromatic heterocycles. The number of anilines is 1. The predicted molar refractivity (Wildman–Crippen MR) is 113 cm³/mol. The monoisotopic (exact) mass is 378 g/mol. The molecule has 2 unspecified atom stereocenters. The zero-order valence-electron chi connectivity index (χ0n) is 17.0. The van der Waals surface area contributed by atoms with Gasteiger partial charge in [0.1, 0.15) is 0 Å². The zero-order valence-corrected chi connectivity index (χ0v) is 17.0. The average molecular weight is 379 g/mol. The van der Waals surface area contributed by atoms with E-state index in [9.17, 15) is 9.59 Å². The van der Waals surface area contributed by atoms with Gasteiger partial charge in [0, 0.05) is 12.2 Å². The Morgan fingerprint density at radius 2 is 1.71 bits per heavy atom. The van der Waals surface area contributed by atoms with E-state index < -0.39 is 0 Å². The number of para-hydroxylation sites is 1. The van der Waals surface area contributed by atoms with Gasteiger partial charge in [-0.15, -0.1) is 0 Å². The van der Waals surface area contributed by atoms with Crippen LogP contribution in [0.25, 0.3) is 0 Å². The minimum absolute atomic E-state index is 0.00192. The molecule has 1 saturated carbocycles. The van der Waals surface area contributed by atoms with E-state index in [0.29, 0.717) is 18.9 Å². The molecule has 0 aliphatic heterocycles. The standard InChI is InChI=1S/C24H30N2O2/c1-16(2)19-13-7-9-17(3)22(19)26-24(28)21-15-20(21)23(27)25-14-8-12-18-10-5-4-6-11-18/h4-7,9-11,13,16,20-21H,8,12,14-15H2,1-3H3,(H,25,27)(H,26,28). The summed E-state index contributed by atoms with van der Waals surface area (Å²) >= 11 is 0. The first-order valence-corrected chi connectivity index (χ1v) is 10.2. The predicted octanol–water partition coefficient (Wildman–Crippen LogP) is 4.44. The van der Waals surface area contributed by atoms with Gasteiger partial charge in [-0.1, -0.05) is 62.4 Å². The number of aryl methyl sites for hydroxylation is 2. The largest absolute Gasteiger partial charge is 0.356 e. The van der Waals surface area contributed by atoms with Crippen LogP contribution in [0.3, 0.4) is 0 Å². The molecule has 28 heavy (non-hydrogen) atoms. The van der Waals surface area contributed by atoms with E-state index in [2.05, 4.69) is 42.7 Å². The Bertz CT molecular complexity index is 830. The molecule has 1 aliphatic carbocycles. The Labute approximate surface area is 167 Å². The van der Waals surface area contributed by atoms with Crippen LogP contribution in [-0.2, 0) is 16.0 Å². The normalized spacial score (nSPS) is 18.0. The van der Waals surface area contributed by atoms with Crippen LogP contribution in [0.2, 0.25) is 0 Å². The van der Waals surface area contributed by atoms with Gasteiger partial charge in [0.25, 0.3) is 0 Å². The van der Waals surface area contributed by atoms with Crippen molar-refractivity contribution in [2.45, 2.75) is 46.0 Å². The van der Waals surface area contributed by atoms with Crippen molar-refractivity contribution in [3.8, 4) is 0 Å². The highest BCUT2D eigenvalue weighted by Crippen LogP contribution is 2.40. The summed E-state index contributed by atoms with van der Waals surface area (Å²) in [6.45, 7) is 6.89. The molecule has 2 atom stereocenters. The first kappa shape index (κ1) is 20.1. The highest BCUT2D eigenvalue weighted by Gasteiger charge is 2.48. The van der Waals surface area contributed by atoms with Crippen molar-refractivity contribution >= 4 is 17.5 Å². The maximum Gasteiger partial charge on any atom is 0.228 e. The van der Waals surface area contributed by atoms with Gasteiger partial charge in [-0.3, -0.25) is 9.59 Å². The summed E-state index contributed by atoms with van der Waals surface area (Å²) in [7, 11) is 0. The molecule has 0 saturated heterocycles. The van der Waals surface area contributed by atoms with Crippen molar-refractivity contribution < 1.29 is 9.59 Å². The van der Waals surface area contributed by atoms with E-state index in [1.807, 2.05) is 37.3 Å². The number of nitrogens with one attached hydrogen (secondary N) is 2. The quantitative estimate of drug-likeness (QED) is 0.667. The van der Waals surface area contributed by atoms with Crippen LogP contribution < -0.4 is 10.6 Å². The van der Waals surface area contributed by atoms with E-state index in [1.54, 1.807) is 0 Å². The van der Waals surface area contributed by atoms with Crippen LogP contribution in [0.4, 0.5) is 5.69 Å². The molecule has 1 aliphatic rings. The second kappa shape index (κ2) is 9.05. The highest BCUT2D eigenvalue weighted by atomic mass is 16.2. The minimum Gasteiger partial charge on any atom is -0.356 e. The smallest absolute Gasteiger partial charge is 0.228 e. The molecular formula is C24H30N2O2. The first-order valence-electron chi connectivity index (χ1n) is 10.2. The van der Waals surface area contributed by atoms with E-state index in [4.69, 9.17) is 0 Å². The van der Waals surface area contributed by atoms with Crippen LogP contribution in [0, 0.1) is 18.8 Å². The summed E-state index contributed by atoms with van der Waals surface area (Å²) < 4.78 is 0.